The molecule has 0 saturated heterocycles. The lowest BCUT2D eigenvalue weighted by molar-refractivity contribution is 1.29. The van der Waals surface area contributed by atoms with Gasteiger partial charge in [-0.05, 0) is 118 Å². The second-order valence-corrected chi connectivity index (χ2v) is 18.9. The molecule has 8 heterocycles. The first-order valence-corrected chi connectivity index (χ1v) is 25.2. The van der Waals surface area contributed by atoms with Gasteiger partial charge in [-0.2, -0.15) is 0 Å². The van der Waals surface area contributed by atoms with E-state index in [2.05, 4.69) is 157 Å². The summed E-state index contributed by atoms with van der Waals surface area (Å²) in [5.41, 5.74) is 21.2. The van der Waals surface area contributed by atoms with E-state index in [-0.39, 0.29) is 0 Å². The van der Waals surface area contributed by atoms with Crippen LogP contribution in [0.3, 0.4) is 0 Å². The molecule has 0 aliphatic rings. The average molecular weight is 971 g/mol. The summed E-state index contributed by atoms with van der Waals surface area (Å²) in [7, 11) is 0. The Labute approximate surface area is 437 Å². The summed E-state index contributed by atoms with van der Waals surface area (Å²) in [6.45, 7) is 0. The van der Waals surface area contributed by atoms with E-state index in [1.54, 1.807) is 0 Å². The second-order valence-electron chi connectivity index (χ2n) is 18.9. The molecule has 354 valence electrons. The first-order valence-electron chi connectivity index (χ1n) is 25.2. The Morgan fingerprint density at radius 3 is 0.947 bits per heavy atom. The summed E-state index contributed by atoms with van der Waals surface area (Å²) < 4.78 is 0. The van der Waals surface area contributed by atoms with Crippen molar-refractivity contribution in [2.75, 3.05) is 0 Å². The topological polar surface area (TPSA) is 103 Å². The molecule has 76 heavy (non-hydrogen) atoms. The zero-order valence-electron chi connectivity index (χ0n) is 40.8. The largest absolute Gasteiger partial charge is 0.256 e. The molecular formula is C68H42N8. The van der Waals surface area contributed by atoms with Crippen LogP contribution in [0.25, 0.3) is 145 Å². The minimum atomic E-state index is 0.845. The quantitative estimate of drug-likeness (QED) is 0.132. The zero-order chi connectivity index (χ0) is 50.4. The van der Waals surface area contributed by atoms with Crippen LogP contribution in [0.5, 0.6) is 0 Å². The van der Waals surface area contributed by atoms with Crippen LogP contribution in [-0.4, -0.2) is 39.9 Å². The van der Waals surface area contributed by atoms with E-state index in [0.717, 1.165) is 145 Å². The molecule has 0 fully saturated rings. The number of nitrogens with zero attached hydrogens (tertiary/aromatic N) is 8. The van der Waals surface area contributed by atoms with Crippen LogP contribution in [0.15, 0.2) is 256 Å². The van der Waals surface area contributed by atoms with Gasteiger partial charge in [0.15, 0.2) is 0 Å². The Hall–Kier alpha value is -10.4. The molecule has 8 heteroatoms. The molecule has 0 aliphatic carbocycles. The van der Waals surface area contributed by atoms with Gasteiger partial charge in [-0.3, -0.25) is 29.9 Å². The average Bonchev–Trinajstić information content (AvgIpc) is 3.52. The van der Waals surface area contributed by atoms with Crippen molar-refractivity contribution in [1.82, 2.24) is 39.9 Å². The third kappa shape index (κ3) is 8.45. The van der Waals surface area contributed by atoms with Crippen LogP contribution in [0.1, 0.15) is 0 Å². The summed E-state index contributed by atoms with van der Waals surface area (Å²) >= 11 is 0. The molecule has 8 nitrogen and oxygen atoms in total. The van der Waals surface area contributed by atoms with E-state index in [1.165, 1.54) is 0 Å². The van der Waals surface area contributed by atoms with E-state index in [1.807, 2.05) is 104 Å². The summed E-state index contributed by atoms with van der Waals surface area (Å²) in [5, 5.41) is 4.02. The van der Waals surface area contributed by atoms with Crippen molar-refractivity contribution in [2.45, 2.75) is 0 Å². The Kier molecular flexibility index (Phi) is 11.0. The first kappa shape index (κ1) is 44.3. The third-order valence-corrected chi connectivity index (χ3v) is 14.1. The number of aromatic nitrogens is 8. The molecule has 0 radical (unpaired) electrons. The van der Waals surface area contributed by atoms with Crippen LogP contribution < -0.4 is 0 Å². The Morgan fingerprint density at radius 2 is 0.500 bits per heavy atom. The van der Waals surface area contributed by atoms with Gasteiger partial charge in [0.25, 0.3) is 0 Å². The highest BCUT2D eigenvalue weighted by Crippen LogP contribution is 2.35. The summed E-state index contributed by atoms with van der Waals surface area (Å²) in [5.74, 6) is 0. The van der Waals surface area contributed by atoms with Crippen LogP contribution in [0, 0.1) is 0 Å². The number of fused-ring (bicyclic) bond motifs is 6. The van der Waals surface area contributed by atoms with E-state index < -0.39 is 0 Å². The van der Waals surface area contributed by atoms with E-state index >= 15 is 0 Å². The molecular weight excluding hydrogens is 929 g/mol. The van der Waals surface area contributed by atoms with Gasteiger partial charge in [0.1, 0.15) is 0 Å². The van der Waals surface area contributed by atoms with Crippen LogP contribution >= 0.6 is 0 Å². The highest BCUT2D eigenvalue weighted by Gasteiger charge is 2.14. The predicted molar refractivity (Wildman–Crippen MR) is 308 cm³/mol. The van der Waals surface area contributed by atoms with Gasteiger partial charge in [0, 0.05) is 92.1 Å². The van der Waals surface area contributed by atoms with Crippen molar-refractivity contribution in [2.24, 2.45) is 0 Å². The third-order valence-electron chi connectivity index (χ3n) is 14.1. The maximum atomic E-state index is 5.17. The van der Waals surface area contributed by atoms with Crippen LogP contribution in [-0.2, 0) is 0 Å². The molecule has 0 atom stereocenters. The fraction of sp³-hybridized carbons (Fsp3) is 0. The van der Waals surface area contributed by atoms with Gasteiger partial charge in [-0.15, -0.1) is 0 Å². The zero-order valence-corrected chi connectivity index (χ0v) is 40.8. The lowest BCUT2D eigenvalue weighted by Gasteiger charge is -2.11. The van der Waals surface area contributed by atoms with Crippen molar-refractivity contribution in [3.05, 3.63) is 256 Å². The molecule has 14 rings (SSSR count). The van der Waals surface area contributed by atoms with Crippen molar-refractivity contribution in [3.8, 4) is 101 Å². The second kappa shape index (κ2) is 18.9. The lowest BCUT2D eigenvalue weighted by atomic mass is 9.97. The number of benzene rings is 6. The molecule has 0 spiro atoms. The van der Waals surface area contributed by atoms with Crippen molar-refractivity contribution in [3.63, 3.8) is 0 Å². The number of hydrogen-bond donors (Lipinski definition) is 0. The number of rotatable bonds is 9. The Bertz CT molecular complexity index is 4250. The molecule has 0 N–H and O–H groups in total. The van der Waals surface area contributed by atoms with Crippen molar-refractivity contribution in [1.29, 1.82) is 0 Å². The maximum Gasteiger partial charge on any atom is 0.0965 e. The smallest absolute Gasteiger partial charge is 0.0965 e. The van der Waals surface area contributed by atoms with E-state index in [0.29, 0.717) is 0 Å². The molecule has 0 unspecified atom stereocenters. The van der Waals surface area contributed by atoms with Crippen LogP contribution in [0.4, 0.5) is 0 Å². The molecule has 0 saturated carbocycles. The minimum Gasteiger partial charge on any atom is -0.256 e. The highest BCUT2D eigenvalue weighted by atomic mass is 14.8. The molecule has 8 aromatic heterocycles. The van der Waals surface area contributed by atoms with Crippen molar-refractivity contribution < 1.29 is 0 Å². The number of hydrogen-bond acceptors (Lipinski definition) is 8. The first-order chi connectivity index (χ1) is 37.6. The predicted octanol–water partition coefficient (Wildman–Crippen LogP) is 16.5. The fourth-order valence-electron chi connectivity index (χ4n) is 10.2. The Balaban J connectivity index is 0.702. The van der Waals surface area contributed by atoms with E-state index in [4.69, 9.17) is 34.9 Å². The van der Waals surface area contributed by atoms with Gasteiger partial charge in [-0.25, -0.2) is 9.97 Å². The van der Waals surface area contributed by atoms with Gasteiger partial charge in [0.2, 0.25) is 0 Å². The molecule has 6 aromatic carbocycles. The lowest BCUT2D eigenvalue weighted by Crippen LogP contribution is -1.92. The van der Waals surface area contributed by atoms with Gasteiger partial charge in [-0.1, -0.05) is 133 Å². The van der Waals surface area contributed by atoms with E-state index in [9.17, 15) is 0 Å². The molecule has 0 amide bonds. The maximum absolute atomic E-state index is 5.17. The highest BCUT2D eigenvalue weighted by molar-refractivity contribution is 6.05. The Morgan fingerprint density at radius 1 is 0.184 bits per heavy atom. The summed E-state index contributed by atoms with van der Waals surface area (Å²) in [6, 6.07) is 75.4. The standard InChI is InChI=1S/C68H42N8/c1-3-11-43(12-4-1)48-27-29-69-63(37-48)57-35-53-25-26-54-36-58(42-74-68(54)67(53)73-41-57)64-38-49(28-30-70-64)46-16-7-15-45(31-46)47-17-8-18-50(32-47)60-20-10-22-62(76-60)56-34-52-24-23-51-33-55(39-71-65(51)66(52)72-40-56)61-21-9-19-59(75-61)44-13-5-2-6-14-44/h1-42H. The van der Waals surface area contributed by atoms with Gasteiger partial charge >= 0.3 is 0 Å². The molecule has 0 aliphatic heterocycles. The SMILES string of the molecule is c1ccc(-c2ccnc(-c3cnc4c(ccc5cc(-c6cc(-c7cccc(-c8cccc(-c9cccc(-c%10cnc%11c(ccc%12cc(-c%13cccc(-c%14ccccc%14)n%13)cnc%12%11)c%10)n9)c8)c7)ccn6)cnc54)c3)c2)cc1. The normalized spacial score (nSPS) is 11.4. The molecule has 0 bridgehead atoms. The minimum absolute atomic E-state index is 0.845. The monoisotopic (exact) mass is 970 g/mol. The van der Waals surface area contributed by atoms with Gasteiger partial charge < -0.3 is 0 Å². The van der Waals surface area contributed by atoms with Gasteiger partial charge in [0.05, 0.1) is 56.2 Å². The van der Waals surface area contributed by atoms with Crippen LogP contribution in [0.2, 0.25) is 0 Å². The van der Waals surface area contributed by atoms with Crippen molar-refractivity contribution >= 4 is 43.6 Å². The number of pyridine rings is 8. The summed E-state index contributed by atoms with van der Waals surface area (Å²) in [4.78, 5) is 39.4. The summed E-state index contributed by atoms with van der Waals surface area (Å²) in [6.07, 6.45) is 11.3. The molecule has 14 aromatic rings. The fourth-order valence-corrected chi connectivity index (χ4v) is 10.2.